The molecule has 0 aromatic carbocycles. The Kier molecular flexibility index (Phi) is 2.27. The first-order valence-corrected chi connectivity index (χ1v) is 3.68. The molecule has 0 saturated carbocycles. The van der Waals surface area contributed by atoms with Crippen molar-refractivity contribution in [3.8, 4) is 0 Å². The number of alkyl halides is 1. The molecule has 0 fully saturated rings. The third-order valence-corrected chi connectivity index (χ3v) is 1.45. The van der Waals surface area contributed by atoms with E-state index in [-0.39, 0.29) is 5.91 Å². The summed E-state index contributed by atoms with van der Waals surface area (Å²) < 4.78 is 0. The number of hydrazone groups is 1. The standard InChI is InChI=1S/C6H9ClN2O/c1-5-4-6(10)9(8-5)3-2-7/h2-4H2,1H3. The highest BCUT2D eigenvalue weighted by molar-refractivity contribution is 6.18. The second-order valence-corrected chi connectivity index (χ2v) is 2.60. The van der Waals surface area contributed by atoms with Crippen LogP contribution in [-0.2, 0) is 4.79 Å². The van der Waals surface area contributed by atoms with Gasteiger partial charge in [0.25, 0.3) is 0 Å². The van der Waals surface area contributed by atoms with Gasteiger partial charge in [0.2, 0.25) is 5.91 Å². The van der Waals surface area contributed by atoms with Gasteiger partial charge in [-0.2, -0.15) is 5.10 Å². The first-order chi connectivity index (χ1) is 4.74. The Balaban J connectivity index is 2.52. The maximum atomic E-state index is 10.9. The molecule has 10 heavy (non-hydrogen) atoms. The Morgan fingerprint density at radius 3 is 2.90 bits per heavy atom. The molecule has 0 aromatic heterocycles. The molecule has 1 heterocycles. The van der Waals surface area contributed by atoms with Gasteiger partial charge in [0, 0.05) is 11.6 Å². The van der Waals surface area contributed by atoms with Gasteiger partial charge in [-0.25, -0.2) is 5.01 Å². The van der Waals surface area contributed by atoms with Gasteiger partial charge in [-0.3, -0.25) is 4.79 Å². The van der Waals surface area contributed by atoms with Gasteiger partial charge in [-0.05, 0) is 6.92 Å². The van der Waals surface area contributed by atoms with Crippen molar-refractivity contribution < 1.29 is 4.79 Å². The molecule has 0 spiro atoms. The van der Waals surface area contributed by atoms with E-state index in [1.165, 1.54) is 5.01 Å². The van der Waals surface area contributed by atoms with Gasteiger partial charge in [-0.1, -0.05) is 0 Å². The van der Waals surface area contributed by atoms with Crippen molar-refractivity contribution in [2.75, 3.05) is 12.4 Å². The van der Waals surface area contributed by atoms with E-state index in [1.54, 1.807) is 0 Å². The van der Waals surface area contributed by atoms with Crippen molar-refractivity contribution in [2.45, 2.75) is 13.3 Å². The molecule has 1 amide bonds. The largest absolute Gasteiger partial charge is 0.273 e. The van der Waals surface area contributed by atoms with E-state index in [0.717, 1.165) is 5.71 Å². The number of carbonyl (C=O) groups excluding carboxylic acids is 1. The average molecular weight is 161 g/mol. The third kappa shape index (κ3) is 1.48. The van der Waals surface area contributed by atoms with Gasteiger partial charge in [0.1, 0.15) is 0 Å². The minimum Gasteiger partial charge on any atom is -0.273 e. The normalized spacial score (nSPS) is 18.0. The van der Waals surface area contributed by atoms with Crippen LogP contribution in [0.25, 0.3) is 0 Å². The summed E-state index contributed by atoms with van der Waals surface area (Å²) in [7, 11) is 0. The lowest BCUT2D eigenvalue weighted by Gasteiger charge is -2.07. The van der Waals surface area contributed by atoms with Gasteiger partial charge in [0.15, 0.2) is 0 Å². The SMILES string of the molecule is CC1=NN(CCCl)C(=O)C1. The lowest BCUT2D eigenvalue weighted by atomic mass is 10.3. The van der Waals surface area contributed by atoms with Crippen LogP contribution in [0.4, 0.5) is 0 Å². The Bertz CT molecular complexity index is 179. The predicted molar refractivity (Wildman–Crippen MR) is 40.2 cm³/mol. The van der Waals surface area contributed by atoms with Crippen LogP contribution >= 0.6 is 11.6 Å². The first kappa shape index (κ1) is 7.54. The van der Waals surface area contributed by atoms with E-state index < -0.39 is 0 Å². The fraction of sp³-hybridized carbons (Fsp3) is 0.667. The van der Waals surface area contributed by atoms with Gasteiger partial charge < -0.3 is 0 Å². The number of nitrogens with zero attached hydrogens (tertiary/aromatic N) is 2. The molecule has 3 nitrogen and oxygen atoms in total. The van der Waals surface area contributed by atoms with Crippen LogP contribution in [0, 0.1) is 0 Å². The second kappa shape index (κ2) is 3.01. The molecule has 0 unspecified atom stereocenters. The fourth-order valence-corrected chi connectivity index (χ4v) is 1.02. The monoisotopic (exact) mass is 160 g/mol. The van der Waals surface area contributed by atoms with Crippen molar-refractivity contribution in [3.05, 3.63) is 0 Å². The van der Waals surface area contributed by atoms with Crippen LogP contribution in [0.1, 0.15) is 13.3 Å². The van der Waals surface area contributed by atoms with Crippen molar-refractivity contribution in [1.29, 1.82) is 0 Å². The van der Waals surface area contributed by atoms with Crippen molar-refractivity contribution in [2.24, 2.45) is 5.10 Å². The van der Waals surface area contributed by atoms with Crippen molar-refractivity contribution in [1.82, 2.24) is 5.01 Å². The molecule has 1 rings (SSSR count). The lowest BCUT2D eigenvalue weighted by molar-refractivity contribution is -0.128. The maximum absolute atomic E-state index is 10.9. The molecule has 0 aromatic rings. The molecule has 0 saturated heterocycles. The smallest absolute Gasteiger partial charge is 0.248 e. The molecule has 0 atom stereocenters. The number of carbonyl (C=O) groups is 1. The zero-order valence-corrected chi connectivity index (χ0v) is 6.56. The summed E-state index contributed by atoms with van der Waals surface area (Å²) in [5.41, 5.74) is 0.870. The summed E-state index contributed by atoms with van der Waals surface area (Å²) in [5, 5.41) is 5.39. The Morgan fingerprint density at radius 1 is 1.80 bits per heavy atom. The molecule has 0 aliphatic carbocycles. The molecular weight excluding hydrogens is 152 g/mol. The lowest BCUT2D eigenvalue weighted by Crippen LogP contribution is -2.22. The molecule has 0 radical (unpaired) electrons. The summed E-state index contributed by atoms with van der Waals surface area (Å²) in [6.45, 7) is 2.36. The molecule has 1 aliphatic rings. The molecular formula is C6H9ClN2O. The molecule has 0 bridgehead atoms. The van der Waals surface area contributed by atoms with Crippen LogP contribution in [0.15, 0.2) is 5.10 Å². The van der Waals surface area contributed by atoms with Gasteiger partial charge >= 0.3 is 0 Å². The summed E-state index contributed by atoms with van der Waals surface area (Å²) in [5.74, 6) is 0.501. The minimum atomic E-state index is 0.0538. The number of rotatable bonds is 2. The fourth-order valence-electron chi connectivity index (χ4n) is 0.862. The zero-order chi connectivity index (χ0) is 7.56. The summed E-state index contributed by atoms with van der Waals surface area (Å²) in [4.78, 5) is 10.9. The van der Waals surface area contributed by atoms with E-state index in [1.807, 2.05) is 6.92 Å². The van der Waals surface area contributed by atoms with E-state index >= 15 is 0 Å². The van der Waals surface area contributed by atoms with E-state index in [4.69, 9.17) is 11.6 Å². The second-order valence-electron chi connectivity index (χ2n) is 2.22. The van der Waals surface area contributed by atoms with Crippen LogP contribution in [0.5, 0.6) is 0 Å². The van der Waals surface area contributed by atoms with Gasteiger partial charge in [0.05, 0.1) is 13.0 Å². The first-order valence-electron chi connectivity index (χ1n) is 3.14. The Hall–Kier alpha value is -0.570. The van der Waals surface area contributed by atoms with Gasteiger partial charge in [-0.15, -0.1) is 11.6 Å². The van der Waals surface area contributed by atoms with E-state index in [0.29, 0.717) is 18.8 Å². The maximum Gasteiger partial charge on any atom is 0.248 e. The topological polar surface area (TPSA) is 32.7 Å². The average Bonchev–Trinajstić information content (AvgIpc) is 2.13. The number of amides is 1. The Labute approximate surface area is 64.6 Å². The number of halogens is 1. The number of hydrogen-bond donors (Lipinski definition) is 0. The highest BCUT2D eigenvalue weighted by atomic mass is 35.5. The minimum absolute atomic E-state index is 0.0538. The third-order valence-electron chi connectivity index (χ3n) is 1.28. The molecule has 4 heteroatoms. The van der Waals surface area contributed by atoms with Crippen LogP contribution in [0.2, 0.25) is 0 Å². The quantitative estimate of drug-likeness (QED) is 0.551. The van der Waals surface area contributed by atoms with Crippen LogP contribution < -0.4 is 0 Å². The van der Waals surface area contributed by atoms with Crippen LogP contribution in [0.3, 0.4) is 0 Å². The predicted octanol–water partition coefficient (Wildman–Crippen LogP) is 0.833. The van der Waals surface area contributed by atoms with Crippen LogP contribution in [-0.4, -0.2) is 29.1 Å². The summed E-state index contributed by atoms with van der Waals surface area (Å²) >= 11 is 5.43. The molecule has 0 N–H and O–H groups in total. The highest BCUT2D eigenvalue weighted by Gasteiger charge is 2.19. The molecule has 1 aliphatic heterocycles. The van der Waals surface area contributed by atoms with Crippen molar-refractivity contribution in [3.63, 3.8) is 0 Å². The number of hydrogen-bond acceptors (Lipinski definition) is 2. The summed E-state index contributed by atoms with van der Waals surface area (Å²) in [6.07, 6.45) is 0.455. The highest BCUT2D eigenvalue weighted by Crippen LogP contribution is 2.06. The molecule has 56 valence electrons. The Morgan fingerprint density at radius 2 is 2.50 bits per heavy atom. The summed E-state index contributed by atoms with van der Waals surface area (Å²) in [6, 6.07) is 0. The van der Waals surface area contributed by atoms with E-state index in [2.05, 4.69) is 5.10 Å². The van der Waals surface area contributed by atoms with Crippen molar-refractivity contribution >= 4 is 23.2 Å². The zero-order valence-electron chi connectivity index (χ0n) is 5.80. The van der Waals surface area contributed by atoms with E-state index in [9.17, 15) is 4.79 Å².